The summed E-state index contributed by atoms with van der Waals surface area (Å²) in [4.78, 5) is 52.7. The second-order valence-electron chi connectivity index (χ2n) is 9.11. The number of benzene rings is 1. The number of nitrogens with two attached hydrogens (primary N) is 1. The van der Waals surface area contributed by atoms with Crippen molar-refractivity contribution >= 4 is 23.6 Å². The van der Waals surface area contributed by atoms with Crippen LogP contribution in [-0.4, -0.2) is 58.6 Å². The van der Waals surface area contributed by atoms with Crippen molar-refractivity contribution in [3.63, 3.8) is 0 Å². The van der Waals surface area contributed by atoms with Gasteiger partial charge in [0.25, 0.3) is 11.8 Å². The lowest BCUT2D eigenvalue weighted by Crippen LogP contribution is -2.55. The first kappa shape index (κ1) is 19.4. The lowest BCUT2D eigenvalue weighted by atomic mass is 9.60. The minimum Gasteiger partial charge on any atom is -0.327 e. The van der Waals surface area contributed by atoms with E-state index in [9.17, 15) is 19.2 Å². The summed E-state index contributed by atoms with van der Waals surface area (Å²) in [5.41, 5.74) is 8.21. The molecule has 8 heteroatoms. The third-order valence-electron chi connectivity index (χ3n) is 7.50. The fourth-order valence-corrected chi connectivity index (χ4v) is 5.37. The second kappa shape index (κ2) is 6.99. The van der Waals surface area contributed by atoms with E-state index in [0.29, 0.717) is 22.6 Å². The molecule has 4 aliphatic rings. The van der Waals surface area contributed by atoms with Crippen LogP contribution in [-0.2, 0) is 16.1 Å². The van der Waals surface area contributed by atoms with Crippen molar-refractivity contribution in [2.75, 3.05) is 13.1 Å². The summed E-state index contributed by atoms with van der Waals surface area (Å²) in [7, 11) is 0. The van der Waals surface area contributed by atoms with Gasteiger partial charge in [-0.2, -0.15) is 0 Å². The molecule has 2 atom stereocenters. The molecule has 0 radical (unpaired) electrons. The van der Waals surface area contributed by atoms with Crippen LogP contribution in [0, 0.1) is 5.41 Å². The highest BCUT2D eigenvalue weighted by atomic mass is 16.2. The molecule has 2 unspecified atom stereocenters. The summed E-state index contributed by atoms with van der Waals surface area (Å²) in [5, 5.41) is 2.22. The molecule has 1 aromatic carbocycles. The first-order valence-electron chi connectivity index (χ1n) is 10.7. The summed E-state index contributed by atoms with van der Waals surface area (Å²) < 4.78 is 0. The number of nitrogens with zero attached hydrogens (tertiary/aromatic N) is 2. The second-order valence-corrected chi connectivity index (χ2v) is 9.11. The highest BCUT2D eigenvalue weighted by Crippen LogP contribution is 2.48. The van der Waals surface area contributed by atoms with Gasteiger partial charge in [-0.3, -0.25) is 34.3 Å². The van der Waals surface area contributed by atoms with Crippen LogP contribution in [0.25, 0.3) is 0 Å². The zero-order chi connectivity index (χ0) is 21.0. The molecule has 3 N–H and O–H groups in total. The van der Waals surface area contributed by atoms with E-state index in [1.807, 2.05) is 6.07 Å². The monoisotopic (exact) mass is 410 g/mol. The van der Waals surface area contributed by atoms with Crippen molar-refractivity contribution in [1.82, 2.24) is 15.1 Å². The van der Waals surface area contributed by atoms with Gasteiger partial charge in [0.1, 0.15) is 6.04 Å². The third-order valence-corrected chi connectivity index (χ3v) is 7.50. The maximum Gasteiger partial charge on any atom is 0.262 e. The molecule has 1 aliphatic carbocycles. The van der Waals surface area contributed by atoms with Gasteiger partial charge in [0.2, 0.25) is 11.8 Å². The number of carbonyl (C=O) groups is 4. The molecular formula is C22H26N4O4. The van der Waals surface area contributed by atoms with Gasteiger partial charge in [-0.15, -0.1) is 0 Å². The molecule has 1 saturated carbocycles. The zero-order valence-corrected chi connectivity index (χ0v) is 16.9. The summed E-state index contributed by atoms with van der Waals surface area (Å²) >= 11 is 0. The number of nitrogens with one attached hydrogen (secondary N) is 1. The Hall–Kier alpha value is -2.58. The minimum atomic E-state index is -0.927. The maximum absolute atomic E-state index is 13.0. The van der Waals surface area contributed by atoms with Crippen LogP contribution in [0.1, 0.15) is 64.8 Å². The fourth-order valence-electron chi connectivity index (χ4n) is 5.37. The van der Waals surface area contributed by atoms with E-state index in [1.54, 1.807) is 12.1 Å². The fraction of sp³-hybridized carbons (Fsp3) is 0.545. The van der Waals surface area contributed by atoms with Crippen molar-refractivity contribution in [3.05, 3.63) is 34.9 Å². The molecule has 1 aromatic rings. The Morgan fingerprint density at radius 2 is 1.73 bits per heavy atom. The Bertz CT molecular complexity index is 950. The van der Waals surface area contributed by atoms with Gasteiger partial charge < -0.3 is 5.73 Å². The topological polar surface area (TPSA) is 113 Å². The average Bonchev–Trinajstić information content (AvgIpc) is 2.98. The first-order valence-corrected chi connectivity index (χ1v) is 10.7. The molecule has 8 nitrogen and oxygen atoms in total. The molecule has 5 rings (SSSR count). The lowest BCUT2D eigenvalue weighted by molar-refractivity contribution is -0.136. The number of fused-ring (bicyclic) bond motifs is 1. The van der Waals surface area contributed by atoms with E-state index in [0.717, 1.165) is 49.4 Å². The third kappa shape index (κ3) is 2.97. The molecule has 30 heavy (non-hydrogen) atoms. The van der Waals surface area contributed by atoms with E-state index < -0.39 is 23.8 Å². The van der Waals surface area contributed by atoms with Gasteiger partial charge in [-0.05, 0) is 68.3 Å². The first-order chi connectivity index (χ1) is 14.4. The highest BCUT2D eigenvalue weighted by molar-refractivity contribution is 6.23. The van der Waals surface area contributed by atoms with E-state index in [1.165, 1.54) is 6.42 Å². The van der Waals surface area contributed by atoms with Gasteiger partial charge in [-0.25, -0.2) is 0 Å². The van der Waals surface area contributed by atoms with Gasteiger partial charge in [0.15, 0.2) is 0 Å². The molecular weight excluding hydrogens is 384 g/mol. The van der Waals surface area contributed by atoms with E-state index in [4.69, 9.17) is 5.73 Å². The van der Waals surface area contributed by atoms with E-state index >= 15 is 0 Å². The van der Waals surface area contributed by atoms with Gasteiger partial charge >= 0.3 is 0 Å². The highest BCUT2D eigenvalue weighted by Gasteiger charge is 2.46. The molecule has 3 fully saturated rings. The SMILES string of the molecule is NC1CCC12CCN(Cc1ccc3c(c1)C(=O)N(C1CCC(=O)NC1=O)C3=O)CC2. The molecule has 4 amide bonds. The minimum absolute atomic E-state index is 0.120. The summed E-state index contributed by atoms with van der Waals surface area (Å²) in [6.07, 6.45) is 4.87. The Morgan fingerprint density at radius 1 is 1.00 bits per heavy atom. The molecule has 3 aliphatic heterocycles. The largest absolute Gasteiger partial charge is 0.327 e. The van der Waals surface area contributed by atoms with Crippen LogP contribution in [0.2, 0.25) is 0 Å². The quantitative estimate of drug-likeness (QED) is 0.713. The number of rotatable bonds is 3. The van der Waals surface area contributed by atoms with Crippen LogP contribution in [0.15, 0.2) is 18.2 Å². The lowest BCUT2D eigenvalue weighted by Gasteiger charge is -2.52. The Labute approximate surface area is 174 Å². The van der Waals surface area contributed by atoms with E-state index in [2.05, 4.69) is 10.2 Å². The molecule has 0 bridgehead atoms. The van der Waals surface area contributed by atoms with Gasteiger partial charge in [-0.1, -0.05) is 6.07 Å². The smallest absolute Gasteiger partial charge is 0.262 e. The van der Waals surface area contributed by atoms with Crippen LogP contribution < -0.4 is 11.1 Å². The van der Waals surface area contributed by atoms with Crippen LogP contribution >= 0.6 is 0 Å². The summed E-state index contributed by atoms with van der Waals surface area (Å²) in [5.74, 6) is -1.88. The average molecular weight is 410 g/mol. The van der Waals surface area contributed by atoms with E-state index in [-0.39, 0.29) is 18.7 Å². The summed E-state index contributed by atoms with van der Waals surface area (Å²) in [6.45, 7) is 2.69. The Kier molecular flexibility index (Phi) is 4.52. The van der Waals surface area contributed by atoms with Crippen molar-refractivity contribution < 1.29 is 19.2 Å². The number of hydrogen-bond acceptors (Lipinski definition) is 6. The number of likely N-dealkylation sites (tertiary alicyclic amines) is 1. The van der Waals surface area contributed by atoms with Crippen molar-refractivity contribution in [2.45, 2.75) is 57.2 Å². The van der Waals surface area contributed by atoms with Gasteiger partial charge in [0, 0.05) is 19.0 Å². The predicted octanol–water partition coefficient (Wildman–Crippen LogP) is 0.791. The van der Waals surface area contributed by atoms with Crippen LogP contribution in [0.5, 0.6) is 0 Å². The summed E-state index contributed by atoms with van der Waals surface area (Å²) in [6, 6.07) is 4.76. The molecule has 0 aromatic heterocycles. The number of hydrogen-bond donors (Lipinski definition) is 2. The number of amides is 4. The Morgan fingerprint density at radius 3 is 2.37 bits per heavy atom. The standard InChI is InChI=1S/C22H26N4O4/c23-17-5-6-22(17)7-9-25(10-8-22)12-13-1-2-14-15(11-13)21(30)26(20(14)29)16-3-4-18(27)24-19(16)28/h1-2,11,16-17H,3-10,12,23H2,(H,24,27,28). The van der Waals surface area contributed by atoms with Crippen molar-refractivity contribution in [2.24, 2.45) is 11.1 Å². The van der Waals surface area contributed by atoms with Crippen molar-refractivity contribution in [3.8, 4) is 0 Å². The maximum atomic E-state index is 13.0. The van der Waals surface area contributed by atoms with Crippen molar-refractivity contribution in [1.29, 1.82) is 0 Å². The molecule has 2 saturated heterocycles. The predicted molar refractivity (Wildman–Crippen MR) is 107 cm³/mol. The molecule has 158 valence electrons. The van der Waals surface area contributed by atoms with Gasteiger partial charge in [0.05, 0.1) is 11.1 Å². The molecule has 1 spiro atoms. The number of imide groups is 2. The van der Waals surface area contributed by atoms with Crippen LogP contribution in [0.3, 0.4) is 0 Å². The molecule has 3 heterocycles. The zero-order valence-electron chi connectivity index (χ0n) is 16.9. The Balaban J connectivity index is 1.29. The number of piperidine rings is 2. The number of carbonyl (C=O) groups excluding carboxylic acids is 4. The normalized spacial score (nSPS) is 28.5. The van der Waals surface area contributed by atoms with Crippen LogP contribution in [0.4, 0.5) is 0 Å².